The van der Waals surface area contributed by atoms with Crippen LogP contribution >= 0.6 is 0 Å². The number of allylic oxidation sites excluding steroid dienone is 1. The van der Waals surface area contributed by atoms with E-state index >= 15 is 0 Å². The first-order valence-corrected chi connectivity index (χ1v) is 14.2. The summed E-state index contributed by atoms with van der Waals surface area (Å²) in [5, 5.41) is 14.7. The molecule has 4 atom stereocenters. The molecule has 0 aromatic heterocycles. The lowest BCUT2D eigenvalue weighted by atomic mass is 9.64. The van der Waals surface area contributed by atoms with Crippen LogP contribution in [0.4, 0.5) is 17.1 Å². The van der Waals surface area contributed by atoms with Gasteiger partial charge in [-0.15, -0.1) is 0 Å². The number of methoxy groups -OCH3 is 1. The van der Waals surface area contributed by atoms with Crippen LogP contribution in [0, 0.1) is 16.0 Å². The fourth-order valence-corrected chi connectivity index (χ4v) is 7.29. The van der Waals surface area contributed by atoms with Gasteiger partial charge < -0.3 is 15.0 Å². The molecule has 1 spiro atoms. The molecule has 0 unspecified atom stereocenters. The summed E-state index contributed by atoms with van der Waals surface area (Å²) in [7, 11) is 1.51. The number of non-ortho nitro benzene ring substituents is 1. The maximum atomic E-state index is 14.9. The second-order valence-corrected chi connectivity index (χ2v) is 11.3. The monoisotopic (exact) mass is 585 g/mol. The average molecular weight is 586 g/mol. The summed E-state index contributed by atoms with van der Waals surface area (Å²) >= 11 is 0. The summed E-state index contributed by atoms with van der Waals surface area (Å²) in [5.41, 5.74) is 2.29. The first-order chi connectivity index (χ1) is 21.3. The van der Waals surface area contributed by atoms with E-state index in [2.05, 4.69) is 5.32 Å². The number of ketones is 2. The molecular weight excluding hydrogens is 558 g/mol. The van der Waals surface area contributed by atoms with E-state index in [1.165, 1.54) is 31.4 Å². The van der Waals surface area contributed by atoms with Gasteiger partial charge >= 0.3 is 0 Å². The lowest BCUT2D eigenvalue weighted by molar-refractivity contribution is -0.384. The summed E-state index contributed by atoms with van der Waals surface area (Å²) in [4.78, 5) is 57.3. The summed E-state index contributed by atoms with van der Waals surface area (Å²) in [5.74, 6) is -2.07. The molecule has 0 radical (unpaired) electrons. The lowest BCUT2D eigenvalue weighted by Gasteiger charge is -2.39. The molecule has 9 nitrogen and oxygen atoms in total. The van der Waals surface area contributed by atoms with Crippen LogP contribution in [-0.4, -0.2) is 41.6 Å². The molecule has 218 valence electrons. The van der Waals surface area contributed by atoms with Crippen LogP contribution in [0.25, 0.3) is 5.57 Å². The van der Waals surface area contributed by atoms with Crippen LogP contribution in [0.15, 0.2) is 103 Å². The molecule has 9 heteroatoms. The van der Waals surface area contributed by atoms with Crippen molar-refractivity contribution in [1.82, 2.24) is 0 Å². The molecule has 0 aliphatic carbocycles. The molecule has 4 aromatic carbocycles. The minimum Gasteiger partial charge on any atom is -0.497 e. The molecule has 44 heavy (non-hydrogen) atoms. The number of fused-ring (bicyclic) bond motifs is 6. The zero-order valence-corrected chi connectivity index (χ0v) is 23.9. The maximum Gasteiger partial charge on any atom is 0.270 e. The Hall–Kier alpha value is -5.57. The van der Waals surface area contributed by atoms with Crippen molar-refractivity contribution in [3.8, 4) is 5.75 Å². The molecule has 0 bridgehead atoms. The van der Waals surface area contributed by atoms with Gasteiger partial charge in [0.2, 0.25) is 5.91 Å². The minimum absolute atomic E-state index is 0.0537. The number of carbonyl (C=O) groups excluding carboxylic acids is 3. The van der Waals surface area contributed by atoms with Gasteiger partial charge in [-0.2, -0.15) is 0 Å². The Morgan fingerprint density at radius 3 is 2.39 bits per heavy atom. The van der Waals surface area contributed by atoms with Crippen LogP contribution in [0.3, 0.4) is 0 Å². The van der Waals surface area contributed by atoms with Gasteiger partial charge in [0, 0.05) is 40.2 Å². The Morgan fingerprint density at radius 1 is 0.909 bits per heavy atom. The van der Waals surface area contributed by atoms with E-state index in [1.54, 1.807) is 36.4 Å². The zero-order chi connectivity index (χ0) is 30.7. The van der Waals surface area contributed by atoms with Crippen LogP contribution in [0.1, 0.15) is 38.8 Å². The number of anilines is 2. The molecule has 1 fully saturated rings. The summed E-state index contributed by atoms with van der Waals surface area (Å²) in [6.45, 7) is 1.96. The number of nitrogens with zero attached hydrogens (tertiary/aromatic N) is 2. The number of hydrogen-bond donors (Lipinski definition) is 1. The third kappa shape index (κ3) is 3.75. The SMILES string of the molecule is COc1cccc(C(=O)[C@@H]2[C@@H](C(=O)c3cccc([N+](=O)[O-])c3)[C@]3(C(=O)Nc4ccccc43)[C@H]3C=C(C)c4ccccc4N23)c1. The van der Waals surface area contributed by atoms with Gasteiger partial charge in [-0.1, -0.05) is 66.7 Å². The molecule has 1 saturated heterocycles. The third-order valence-electron chi connectivity index (χ3n) is 9.13. The summed E-state index contributed by atoms with van der Waals surface area (Å²) in [6.07, 6.45) is 1.97. The first-order valence-electron chi connectivity index (χ1n) is 14.2. The Labute approximate surface area is 252 Å². The molecule has 4 aromatic rings. The number of ether oxygens (including phenoxy) is 1. The lowest BCUT2D eigenvalue weighted by Crippen LogP contribution is -2.51. The first kappa shape index (κ1) is 27.3. The Kier molecular flexibility index (Phi) is 6.21. The molecule has 7 rings (SSSR count). The fourth-order valence-electron chi connectivity index (χ4n) is 7.29. The summed E-state index contributed by atoms with van der Waals surface area (Å²) < 4.78 is 5.41. The highest BCUT2D eigenvalue weighted by atomic mass is 16.6. The number of para-hydroxylation sites is 2. The Bertz CT molecular complexity index is 1930. The van der Waals surface area contributed by atoms with Crippen molar-refractivity contribution < 1.29 is 24.0 Å². The Morgan fingerprint density at radius 2 is 1.61 bits per heavy atom. The van der Waals surface area contributed by atoms with Crippen molar-refractivity contribution in [3.63, 3.8) is 0 Å². The van der Waals surface area contributed by atoms with E-state index in [4.69, 9.17) is 4.74 Å². The van der Waals surface area contributed by atoms with Gasteiger partial charge in [-0.3, -0.25) is 24.5 Å². The van der Waals surface area contributed by atoms with Crippen molar-refractivity contribution in [2.24, 2.45) is 5.92 Å². The number of nitro groups is 1. The van der Waals surface area contributed by atoms with Crippen LogP contribution < -0.4 is 15.0 Å². The van der Waals surface area contributed by atoms with E-state index in [-0.39, 0.29) is 17.0 Å². The number of nitro benzene ring substituents is 1. The van der Waals surface area contributed by atoms with E-state index in [9.17, 15) is 24.5 Å². The van der Waals surface area contributed by atoms with Gasteiger partial charge in [0.25, 0.3) is 5.69 Å². The van der Waals surface area contributed by atoms with E-state index in [0.717, 1.165) is 16.8 Å². The molecule has 3 aliphatic rings. The highest BCUT2D eigenvalue weighted by molar-refractivity contribution is 6.18. The van der Waals surface area contributed by atoms with E-state index in [1.807, 2.05) is 54.3 Å². The topological polar surface area (TPSA) is 119 Å². The van der Waals surface area contributed by atoms with Gasteiger partial charge in [0.15, 0.2) is 11.6 Å². The molecule has 0 saturated carbocycles. The van der Waals surface area contributed by atoms with Crippen molar-refractivity contribution in [2.45, 2.75) is 24.4 Å². The fraction of sp³-hybridized carbons (Fsp3) is 0.171. The number of hydrogen-bond acceptors (Lipinski definition) is 7. The minimum atomic E-state index is -1.52. The quantitative estimate of drug-likeness (QED) is 0.171. The number of nitrogens with one attached hydrogen (secondary N) is 1. The number of benzene rings is 4. The van der Waals surface area contributed by atoms with Crippen molar-refractivity contribution in [3.05, 3.63) is 136 Å². The molecular formula is C35H27N3O6. The molecule has 1 amide bonds. The predicted octanol–water partition coefficient (Wildman–Crippen LogP) is 5.85. The predicted molar refractivity (Wildman–Crippen MR) is 165 cm³/mol. The zero-order valence-electron chi connectivity index (χ0n) is 23.9. The molecule has 3 aliphatic heterocycles. The number of rotatable bonds is 6. The highest BCUT2D eigenvalue weighted by Gasteiger charge is 2.70. The largest absolute Gasteiger partial charge is 0.497 e. The average Bonchev–Trinajstić information content (AvgIpc) is 3.52. The van der Waals surface area contributed by atoms with E-state index in [0.29, 0.717) is 22.6 Å². The van der Waals surface area contributed by atoms with Gasteiger partial charge in [0.1, 0.15) is 17.2 Å². The van der Waals surface area contributed by atoms with Crippen molar-refractivity contribution >= 4 is 40.1 Å². The number of amides is 1. The van der Waals surface area contributed by atoms with Crippen LogP contribution in [0.5, 0.6) is 5.75 Å². The van der Waals surface area contributed by atoms with Crippen LogP contribution in [-0.2, 0) is 10.2 Å². The van der Waals surface area contributed by atoms with Gasteiger partial charge in [-0.05, 0) is 42.3 Å². The van der Waals surface area contributed by atoms with Gasteiger partial charge in [-0.25, -0.2) is 0 Å². The third-order valence-corrected chi connectivity index (χ3v) is 9.13. The van der Waals surface area contributed by atoms with Crippen LogP contribution in [0.2, 0.25) is 0 Å². The molecule has 3 heterocycles. The molecule has 1 N–H and O–H groups in total. The maximum absolute atomic E-state index is 14.9. The second kappa shape index (κ2) is 10.0. The van der Waals surface area contributed by atoms with E-state index < -0.39 is 40.0 Å². The number of Topliss-reactive ketones (excluding diaryl/α,β-unsaturated/α-hetero) is 2. The Balaban J connectivity index is 1.55. The standard InChI is InChI=1S/C35H27N3O6/c1-20-17-29-35(26-14-4-5-15-27(26)36-34(35)41)30(32(39)21-9-7-11-23(18-21)38(42)43)31(37(29)28-16-6-3-13-25(20)28)33(40)22-10-8-12-24(19-22)44-2/h3-19,29-31H,1-2H3,(H,36,41)/t29-,30+,31+,35-/m1/s1. The van der Waals surface area contributed by atoms with Gasteiger partial charge in [0.05, 0.1) is 24.0 Å². The van der Waals surface area contributed by atoms with Crippen molar-refractivity contribution in [1.29, 1.82) is 0 Å². The number of carbonyl (C=O) groups is 3. The second-order valence-electron chi connectivity index (χ2n) is 11.3. The summed E-state index contributed by atoms with van der Waals surface area (Å²) in [6, 6.07) is 25.2. The smallest absolute Gasteiger partial charge is 0.270 e. The highest BCUT2D eigenvalue weighted by Crippen LogP contribution is 2.59. The van der Waals surface area contributed by atoms with Crippen molar-refractivity contribution in [2.75, 3.05) is 17.3 Å². The normalized spacial score (nSPS) is 22.9.